The van der Waals surface area contributed by atoms with Crippen LogP contribution in [0.5, 0.6) is 0 Å². The van der Waals surface area contributed by atoms with Crippen molar-refractivity contribution in [2.24, 2.45) is 5.73 Å². The van der Waals surface area contributed by atoms with Crippen LogP contribution in [0.25, 0.3) is 0 Å². The van der Waals surface area contributed by atoms with Crippen LogP contribution in [0.3, 0.4) is 0 Å². The molecular weight excluding hydrogens is 244 g/mol. The second-order valence-electron chi connectivity index (χ2n) is 3.45. The lowest BCUT2D eigenvalue weighted by molar-refractivity contribution is -0.141. The minimum atomic E-state index is -1.13. The van der Waals surface area contributed by atoms with Crippen molar-refractivity contribution in [3.63, 3.8) is 0 Å². The molecule has 1 amide bonds. The lowest BCUT2D eigenvalue weighted by Gasteiger charge is -2.15. The van der Waals surface area contributed by atoms with Gasteiger partial charge in [0.05, 0.1) is 18.1 Å². The highest BCUT2D eigenvalue weighted by molar-refractivity contribution is 7.80. The van der Waals surface area contributed by atoms with Gasteiger partial charge in [-0.05, 0) is 0 Å². The number of carboxylic acid groups (broad SMARTS) is 1. The SMILES string of the molecule is NC(CS)C(=O)NC(Cc1c[nH]cn1)C(=O)O. The number of aromatic amines is 1. The summed E-state index contributed by atoms with van der Waals surface area (Å²) in [6.07, 6.45) is 3.11. The Morgan fingerprint density at radius 3 is 2.82 bits per heavy atom. The molecule has 17 heavy (non-hydrogen) atoms. The molecule has 2 atom stereocenters. The van der Waals surface area contributed by atoms with Gasteiger partial charge in [-0.2, -0.15) is 12.6 Å². The summed E-state index contributed by atoms with van der Waals surface area (Å²) >= 11 is 3.87. The number of aliphatic carboxylic acids is 1. The van der Waals surface area contributed by atoms with Crippen LogP contribution in [0.15, 0.2) is 12.5 Å². The number of rotatable bonds is 6. The molecule has 7 nitrogen and oxygen atoms in total. The first-order chi connectivity index (χ1) is 8.04. The molecule has 0 saturated heterocycles. The molecule has 1 rings (SSSR count). The van der Waals surface area contributed by atoms with Gasteiger partial charge in [0.15, 0.2) is 0 Å². The Balaban J connectivity index is 2.61. The summed E-state index contributed by atoms with van der Waals surface area (Å²) in [5.41, 5.74) is 5.99. The number of nitrogens with zero attached hydrogens (tertiary/aromatic N) is 1. The number of carboxylic acids is 1. The molecular formula is C9H14N4O3S. The van der Waals surface area contributed by atoms with E-state index in [2.05, 4.69) is 27.9 Å². The first kappa shape index (κ1) is 13.5. The molecule has 0 radical (unpaired) electrons. The van der Waals surface area contributed by atoms with Crippen molar-refractivity contribution in [3.8, 4) is 0 Å². The summed E-state index contributed by atoms with van der Waals surface area (Å²) < 4.78 is 0. The van der Waals surface area contributed by atoms with Gasteiger partial charge in [0, 0.05) is 18.4 Å². The zero-order chi connectivity index (χ0) is 12.8. The molecule has 0 saturated carbocycles. The van der Waals surface area contributed by atoms with Crippen molar-refractivity contribution in [2.45, 2.75) is 18.5 Å². The second kappa shape index (κ2) is 6.26. The number of hydrogen-bond acceptors (Lipinski definition) is 5. The molecule has 1 heterocycles. The Morgan fingerprint density at radius 2 is 2.35 bits per heavy atom. The smallest absolute Gasteiger partial charge is 0.326 e. The lowest BCUT2D eigenvalue weighted by atomic mass is 10.1. The van der Waals surface area contributed by atoms with Crippen molar-refractivity contribution in [3.05, 3.63) is 18.2 Å². The van der Waals surface area contributed by atoms with E-state index in [1.54, 1.807) is 6.20 Å². The molecule has 0 bridgehead atoms. The standard InChI is InChI=1S/C9H14N4O3S/c10-6(3-17)8(14)13-7(9(15)16)1-5-2-11-4-12-5/h2,4,6-7,17H,1,3,10H2,(H,11,12)(H,13,14)(H,15,16). The number of hydrogen-bond donors (Lipinski definition) is 5. The highest BCUT2D eigenvalue weighted by Gasteiger charge is 2.23. The van der Waals surface area contributed by atoms with E-state index in [0.717, 1.165) is 0 Å². The Bertz CT molecular complexity index is 382. The van der Waals surface area contributed by atoms with Gasteiger partial charge in [-0.3, -0.25) is 4.79 Å². The summed E-state index contributed by atoms with van der Waals surface area (Å²) in [6, 6.07) is -1.86. The molecule has 1 aromatic rings. The van der Waals surface area contributed by atoms with E-state index in [1.165, 1.54) is 6.33 Å². The van der Waals surface area contributed by atoms with Crippen LogP contribution in [0, 0.1) is 0 Å². The van der Waals surface area contributed by atoms with Crippen molar-refractivity contribution in [1.82, 2.24) is 15.3 Å². The lowest BCUT2D eigenvalue weighted by Crippen LogP contribution is -2.50. The van der Waals surface area contributed by atoms with E-state index in [4.69, 9.17) is 10.8 Å². The van der Waals surface area contributed by atoms with Crippen LogP contribution in [-0.2, 0) is 16.0 Å². The second-order valence-corrected chi connectivity index (χ2v) is 3.82. The number of amides is 1. The molecule has 5 N–H and O–H groups in total. The summed E-state index contributed by atoms with van der Waals surface area (Å²) in [5, 5.41) is 11.3. The number of carbonyl (C=O) groups excluding carboxylic acids is 1. The fourth-order valence-electron chi connectivity index (χ4n) is 1.17. The van der Waals surface area contributed by atoms with Crippen molar-refractivity contribution < 1.29 is 14.7 Å². The highest BCUT2D eigenvalue weighted by atomic mass is 32.1. The van der Waals surface area contributed by atoms with Gasteiger partial charge in [-0.1, -0.05) is 0 Å². The Labute approximate surface area is 103 Å². The van der Waals surface area contributed by atoms with Gasteiger partial charge in [-0.25, -0.2) is 9.78 Å². The summed E-state index contributed by atoms with van der Waals surface area (Å²) in [6.45, 7) is 0. The predicted octanol–water partition coefficient (Wildman–Crippen LogP) is -1.22. The topological polar surface area (TPSA) is 121 Å². The zero-order valence-electron chi connectivity index (χ0n) is 8.96. The molecule has 0 spiro atoms. The molecule has 0 aliphatic rings. The maximum Gasteiger partial charge on any atom is 0.326 e. The third-order valence-electron chi connectivity index (χ3n) is 2.12. The molecule has 0 aliphatic heterocycles. The van der Waals surface area contributed by atoms with Gasteiger partial charge in [0.2, 0.25) is 5.91 Å². The Hall–Kier alpha value is -1.54. The summed E-state index contributed by atoms with van der Waals surface area (Å²) in [5.74, 6) is -1.52. The van der Waals surface area contributed by atoms with Crippen LogP contribution in [0.2, 0.25) is 0 Å². The monoisotopic (exact) mass is 258 g/mol. The van der Waals surface area contributed by atoms with Gasteiger partial charge in [0.1, 0.15) is 6.04 Å². The first-order valence-corrected chi connectivity index (χ1v) is 5.55. The minimum Gasteiger partial charge on any atom is -0.480 e. The van der Waals surface area contributed by atoms with E-state index in [0.29, 0.717) is 5.69 Å². The van der Waals surface area contributed by atoms with E-state index in [9.17, 15) is 9.59 Å². The van der Waals surface area contributed by atoms with Crippen LogP contribution in [0.1, 0.15) is 5.69 Å². The highest BCUT2D eigenvalue weighted by Crippen LogP contribution is 1.99. The quantitative estimate of drug-likeness (QED) is 0.409. The average Bonchev–Trinajstić information content (AvgIpc) is 2.79. The summed E-state index contributed by atoms with van der Waals surface area (Å²) in [4.78, 5) is 29.0. The summed E-state index contributed by atoms with van der Waals surface area (Å²) in [7, 11) is 0. The minimum absolute atomic E-state index is 0.101. The molecule has 8 heteroatoms. The molecule has 2 unspecified atom stereocenters. The Morgan fingerprint density at radius 1 is 1.65 bits per heavy atom. The number of nitrogens with one attached hydrogen (secondary N) is 2. The number of H-pyrrole nitrogens is 1. The average molecular weight is 258 g/mol. The molecule has 1 aromatic heterocycles. The third kappa shape index (κ3) is 4.08. The number of aromatic nitrogens is 2. The van der Waals surface area contributed by atoms with E-state index in [-0.39, 0.29) is 12.2 Å². The van der Waals surface area contributed by atoms with Crippen molar-refractivity contribution in [2.75, 3.05) is 5.75 Å². The molecule has 0 aromatic carbocycles. The molecule has 0 aliphatic carbocycles. The van der Waals surface area contributed by atoms with Gasteiger partial charge in [-0.15, -0.1) is 0 Å². The van der Waals surface area contributed by atoms with Crippen LogP contribution in [-0.4, -0.2) is 44.8 Å². The first-order valence-electron chi connectivity index (χ1n) is 4.92. The van der Waals surface area contributed by atoms with E-state index < -0.39 is 24.0 Å². The van der Waals surface area contributed by atoms with Crippen LogP contribution < -0.4 is 11.1 Å². The van der Waals surface area contributed by atoms with Crippen LogP contribution >= 0.6 is 12.6 Å². The number of carbonyl (C=O) groups is 2. The van der Waals surface area contributed by atoms with Crippen molar-refractivity contribution >= 4 is 24.5 Å². The van der Waals surface area contributed by atoms with Crippen LogP contribution in [0.4, 0.5) is 0 Å². The largest absolute Gasteiger partial charge is 0.480 e. The number of imidazole rings is 1. The van der Waals surface area contributed by atoms with Gasteiger partial charge >= 0.3 is 5.97 Å². The third-order valence-corrected chi connectivity index (χ3v) is 2.51. The molecule has 94 valence electrons. The fourth-order valence-corrected chi connectivity index (χ4v) is 1.34. The maximum absolute atomic E-state index is 11.4. The molecule has 0 fully saturated rings. The Kier molecular flexibility index (Phi) is 4.98. The predicted molar refractivity (Wildman–Crippen MR) is 63.7 cm³/mol. The number of nitrogens with two attached hydrogens (primary N) is 1. The van der Waals surface area contributed by atoms with E-state index >= 15 is 0 Å². The van der Waals surface area contributed by atoms with E-state index in [1.807, 2.05) is 0 Å². The number of thiol groups is 1. The van der Waals surface area contributed by atoms with Gasteiger partial charge < -0.3 is 21.1 Å². The van der Waals surface area contributed by atoms with Gasteiger partial charge in [0.25, 0.3) is 0 Å². The fraction of sp³-hybridized carbons (Fsp3) is 0.444. The maximum atomic E-state index is 11.4. The normalized spacial score (nSPS) is 14.0. The zero-order valence-corrected chi connectivity index (χ0v) is 9.85. The van der Waals surface area contributed by atoms with Crippen molar-refractivity contribution in [1.29, 1.82) is 0 Å².